The topological polar surface area (TPSA) is 64.4 Å². The third kappa shape index (κ3) is 3.61. The van der Waals surface area contributed by atoms with Crippen molar-refractivity contribution >= 4 is 38.4 Å². The number of furan rings is 1. The lowest BCUT2D eigenvalue weighted by atomic mass is 10.2. The third-order valence-corrected chi connectivity index (χ3v) is 5.06. The van der Waals surface area contributed by atoms with E-state index in [4.69, 9.17) is 9.15 Å². The number of nitrogens with one attached hydrogen (secondary N) is 1. The number of hydrogen-bond donors (Lipinski definition) is 1. The van der Waals surface area contributed by atoms with Crippen LogP contribution in [0.1, 0.15) is 23.7 Å². The summed E-state index contributed by atoms with van der Waals surface area (Å²) in [6.45, 7) is 2.20. The zero-order valence-electron chi connectivity index (χ0n) is 14.3. The summed E-state index contributed by atoms with van der Waals surface area (Å²) in [5, 5.41) is 4.78. The molecule has 0 fully saturated rings. The summed E-state index contributed by atoms with van der Waals surface area (Å²) in [7, 11) is 0. The molecule has 1 amide bonds. The molecule has 2 heterocycles. The first-order chi connectivity index (χ1) is 12.7. The van der Waals surface area contributed by atoms with Crippen LogP contribution in [-0.2, 0) is 16.1 Å². The average molecular weight is 366 g/mol. The van der Waals surface area contributed by atoms with Gasteiger partial charge in [-0.05, 0) is 31.2 Å². The normalized spacial score (nSPS) is 12.5. The molecule has 26 heavy (non-hydrogen) atoms. The van der Waals surface area contributed by atoms with Crippen molar-refractivity contribution in [1.29, 1.82) is 0 Å². The Morgan fingerprint density at radius 1 is 1.23 bits per heavy atom. The van der Waals surface area contributed by atoms with E-state index in [0.717, 1.165) is 32.0 Å². The van der Waals surface area contributed by atoms with Crippen molar-refractivity contribution < 1.29 is 13.9 Å². The van der Waals surface area contributed by atoms with Crippen molar-refractivity contribution in [3.8, 4) is 0 Å². The second kappa shape index (κ2) is 7.27. The van der Waals surface area contributed by atoms with Crippen LogP contribution < -0.4 is 5.32 Å². The number of nitrogens with zero attached hydrogens (tertiary/aromatic N) is 1. The molecule has 0 aliphatic rings. The lowest BCUT2D eigenvalue weighted by Crippen LogP contribution is -2.29. The Kier molecular flexibility index (Phi) is 4.69. The minimum atomic E-state index is -0.221. The fourth-order valence-corrected chi connectivity index (χ4v) is 3.69. The number of fused-ring (bicyclic) bond motifs is 2. The van der Waals surface area contributed by atoms with Crippen molar-refractivity contribution in [2.75, 3.05) is 6.61 Å². The van der Waals surface area contributed by atoms with Gasteiger partial charge < -0.3 is 14.5 Å². The van der Waals surface area contributed by atoms with Crippen molar-refractivity contribution in [1.82, 2.24) is 10.3 Å². The maximum absolute atomic E-state index is 12.1. The highest BCUT2D eigenvalue weighted by molar-refractivity contribution is 7.18. The molecule has 2 aromatic heterocycles. The first-order valence-corrected chi connectivity index (χ1v) is 9.21. The fourth-order valence-electron chi connectivity index (χ4n) is 2.78. The van der Waals surface area contributed by atoms with Crippen LogP contribution in [0.5, 0.6) is 0 Å². The predicted octanol–water partition coefficient (Wildman–Crippen LogP) is 4.44. The summed E-state index contributed by atoms with van der Waals surface area (Å²) in [5.74, 6) is 0.546. The third-order valence-electron chi connectivity index (χ3n) is 4.05. The van der Waals surface area contributed by atoms with Crippen LogP contribution in [0, 0.1) is 0 Å². The summed E-state index contributed by atoms with van der Waals surface area (Å²) in [5.41, 5.74) is 1.77. The predicted molar refractivity (Wildman–Crippen MR) is 102 cm³/mol. The standard InChI is InChI=1S/C20H18N2O3S/c1-13(17-10-14-6-2-4-8-16(14)25-17)21-19(23)11-24-12-20-22-15-7-3-5-9-18(15)26-20/h2-10,13H,11-12H2,1H3,(H,21,23). The number of carbonyl (C=O) groups excluding carboxylic acids is 1. The summed E-state index contributed by atoms with van der Waals surface area (Å²) in [4.78, 5) is 16.6. The van der Waals surface area contributed by atoms with Gasteiger partial charge in [0.05, 0.1) is 22.9 Å². The van der Waals surface area contributed by atoms with Gasteiger partial charge in [-0.15, -0.1) is 11.3 Å². The largest absolute Gasteiger partial charge is 0.459 e. The van der Waals surface area contributed by atoms with Gasteiger partial charge in [0.1, 0.15) is 23.0 Å². The maximum atomic E-state index is 12.1. The van der Waals surface area contributed by atoms with Gasteiger partial charge in [0.15, 0.2) is 0 Å². The number of benzene rings is 2. The highest BCUT2D eigenvalue weighted by atomic mass is 32.1. The molecule has 0 saturated heterocycles. The number of aromatic nitrogens is 1. The second-order valence-corrected chi connectivity index (χ2v) is 7.16. The number of hydrogen-bond acceptors (Lipinski definition) is 5. The Hall–Kier alpha value is -2.70. The Balaban J connectivity index is 1.30. The molecular weight excluding hydrogens is 348 g/mol. The second-order valence-electron chi connectivity index (χ2n) is 6.04. The van der Waals surface area contributed by atoms with Crippen LogP contribution in [0.25, 0.3) is 21.2 Å². The number of carbonyl (C=O) groups is 1. The summed E-state index contributed by atoms with van der Waals surface area (Å²) >= 11 is 1.58. The van der Waals surface area contributed by atoms with E-state index in [9.17, 15) is 4.79 Å². The van der Waals surface area contributed by atoms with Crippen molar-refractivity contribution in [3.63, 3.8) is 0 Å². The Morgan fingerprint density at radius 3 is 2.88 bits per heavy atom. The molecule has 1 atom stereocenters. The van der Waals surface area contributed by atoms with E-state index in [1.807, 2.05) is 61.5 Å². The van der Waals surface area contributed by atoms with Crippen LogP contribution in [0.15, 0.2) is 59.0 Å². The molecule has 132 valence electrons. The molecule has 5 nitrogen and oxygen atoms in total. The monoisotopic (exact) mass is 366 g/mol. The fraction of sp³-hybridized carbons (Fsp3) is 0.200. The molecule has 6 heteroatoms. The highest BCUT2D eigenvalue weighted by Crippen LogP contribution is 2.24. The summed E-state index contributed by atoms with van der Waals surface area (Å²) in [6.07, 6.45) is 0. The van der Waals surface area contributed by atoms with Gasteiger partial charge in [0, 0.05) is 5.39 Å². The molecule has 2 aromatic carbocycles. The number of amides is 1. The van der Waals surface area contributed by atoms with Crippen molar-refractivity contribution in [2.24, 2.45) is 0 Å². The van der Waals surface area contributed by atoms with Crippen LogP contribution in [0.3, 0.4) is 0 Å². The molecule has 4 aromatic rings. The van der Waals surface area contributed by atoms with E-state index in [0.29, 0.717) is 6.61 Å². The molecule has 1 unspecified atom stereocenters. The van der Waals surface area contributed by atoms with Crippen LogP contribution in [0.2, 0.25) is 0 Å². The zero-order valence-corrected chi connectivity index (χ0v) is 15.1. The van der Waals surface area contributed by atoms with Gasteiger partial charge in [-0.25, -0.2) is 4.98 Å². The lowest BCUT2D eigenvalue weighted by molar-refractivity contribution is -0.126. The van der Waals surface area contributed by atoms with Gasteiger partial charge in [0.2, 0.25) is 5.91 Å². The van der Waals surface area contributed by atoms with Gasteiger partial charge >= 0.3 is 0 Å². The molecule has 0 spiro atoms. The minimum Gasteiger partial charge on any atom is -0.459 e. The van der Waals surface area contributed by atoms with E-state index in [1.54, 1.807) is 11.3 Å². The first kappa shape index (κ1) is 16.8. The smallest absolute Gasteiger partial charge is 0.246 e. The van der Waals surface area contributed by atoms with Gasteiger partial charge in [-0.1, -0.05) is 30.3 Å². The zero-order chi connectivity index (χ0) is 17.9. The number of para-hydroxylation sites is 2. The van der Waals surface area contributed by atoms with Crippen molar-refractivity contribution in [3.05, 3.63) is 65.4 Å². The van der Waals surface area contributed by atoms with Crippen molar-refractivity contribution in [2.45, 2.75) is 19.6 Å². The Bertz CT molecular complexity index is 987. The van der Waals surface area contributed by atoms with Crippen LogP contribution in [0.4, 0.5) is 0 Å². The number of ether oxygens (including phenoxy) is 1. The first-order valence-electron chi connectivity index (χ1n) is 8.39. The van der Waals surface area contributed by atoms with Gasteiger partial charge in [-0.2, -0.15) is 0 Å². The van der Waals surface area contributed by atoms with Crippen LogP contribution in [-0.4, -0.2) is 17.5 Å². The van der Waals surface area contributed by atoms with E-state index in [-0.39, 0.29) is 18.6 Å². The molecule has 0 aliphatic heterocycles. The van der Waals surface area contributed by atoms with Crippen LogP contribution >= 0.6 is 11.3 Å². The molecule has 0 saturated carbocycles. The van der Waals surface area contributed by atoms with E-state index < -0.39 is 0 Å². The molecule has 0 radical (unpaired) electrons. The highest BCUT2D eigenvalue weighted by Gasteiger charge is 2.14. The Labute approximate surface area is 154 Å². The minimum absolute atomic E-state index is 0.0134. The number of rotatable bonds is 6. The quantitative estimate of drug-likeness (QED) is 0.548. The number of thiazole rings is 1. The molecule has 0 bridgehead atoms. The summed E-state index contributed by atoms with van der Waals surface area (Å²) < 4.78 is 12.4. The van der Waals surface area contributed by atoms with E-state index >= 15 is 0 Å². The summed E-state index contributed by atoms with van der Waals surface area (Å²) in [6, 6.07) is 17.4. The maximum Gasteiger partial charge on any atom is 0.246 e. The van der Waals surface area contributed by atoms with E-state index in [1.165, 1.54) is 0 Å². The average Bonchev–Trinajstić information content (AvgIpc) is 3.25. The Morgan fingerprint density at radius 2 is 2.04 bits per heavy atom. The molecule has 0 aliphatic carbocycles. The van der Waals surface area contributed by atoms with Gasteiger partial charge in [0.25, 0.3) is 0 Å². The van der Waals surface area contributed by atoms with Gasteiger partial charge in [-0.3, -0.25) is 4.79 Å². The molecule has 1 N–H and O–H groups in total. The molecular formula is C20H18N2O3S. The SMILES string of the molecule is CC(NC(=O)COCc1nc2ccccc2s1)c1cc2ccccc2o1. The lowest BCUT2D eigenvalue weighted by Gasteiger charge is -2.11. The molecule has 4 rings (SSSR count). The van der Waals surface area contributed by atoms with E-state index in [2.05, 4.69) is 10.3 Å².